The number of rotatable bonds is 7. The number of hydrogen-bond donors (Lipinski definition) is 1. The first-order valence-corrected chi connectivity index (χ1v) is 7.06. The van der Waals surface area contributed by atoms with E-state index in [1.807, 2.05) is 31.2 Å². The molecule has 3 heteroatoms. The third kappa shape index (κ3) is 5.77. The number of carbonyl (C=O) groups is 1. The number of hydrogen-bond acceptors (Lipinski definition) is 2. The van der Waals surface area contributed by atoms with Crippen LogP contribution < -0.4 is 10.1 Å². The van der Waals surface area contributed by atoms with Crippen molar-refractivity contribution in [1.82, 2.24) is 5.32 Å². The standard InChI is InChI=1S/C16H25NO2/c1-5-13(4)17-16(18)14-6-8-15(9-7-14)19-11-10-12(2)3/h6-9,12-13H,5,10-11H2,1-4H3,(H,17,18). The summed E-state index contributed by atoms with van der Waals surface area (Å²) in [7, 11) is 0. The second-order valence-corrected chi connectivity index (χ2v) is 5.34. The van der Waals surface area contributed by atoms with Gasteiger partial charge in [0, 0.05) is 11.6 Å². The van der Waals surface area contributed by atoms with Gasteiger partial charge in [-0.3, -0.25) is 4.79 Å². The Balaban J connectivity index is 2.49. The monoisotopic (exact) mass is 263 g/mol. The Bertz CT molecular complexity index is 384. The number of carbonyl (C=O) groups excluding carboxylic acids is 1. The molecule has 0 aromatic heterocycles. The Morgan fingerprint density at radius 2 is 1.84 bits per heavy atom. The molecule has 0 fully saturated rings. The maximum Gasteiger partial charge on any atom is 0.251 e. The molecule has 0 aliphatic carbocycles. The van der Waals surface area contributed by atoms with Crippen molar-refractivity contribution in [3.05, 3.63) is 29.8 Å². The second-order valence-electron chi connectivity index (χ2n) is 5.34. The molecule has 1 aromatic rings. The molecule has 1 unspecified atom stereocenters. The van der Waals surface area contributed by atoms with Crippen LogP contribution in [-0.4, -0.2) is 18.6 Å². The topological polar surface area (TPSA) is 38.3 Å². The third-order valence-corrected chi connectivity index (χ3v) is 3.07. The molecule has 0 aliphatic rings. The molecule has 1 rings (SSSR count). The second kappa shape index (κ2) is 7.82. The Kier molecular flexibility index (Phi) is 6.40. The van der Waals surface area contributed by atoms with Gasteiger partial charge in [0.2, 0.25) is 0 Å². The van der Waals surface area contributed by atoms with E-state index < -0.39 is 0 Å². The fourth-order valence-electron chi connectivity index (χ4n) is 1.52. The maximum atomic E-state index is 11.9. The van der Waals surface area contributed by atoms with Crippen molar-refractivity contribution >= 4 is 5.91 Å². The van der Waals surface area contributed by atoms with Gasteiger partial charge in [-0.15, -0.1) is 0 Å². The smallest absolute Gasteiger partial charge is 0.251 e. The summed E-state index contributed by atoms with van der Waals surface area (Å²) in [6, 6.07) is 7.53. The van der Waals surface area contributed by atoms with Gasteiger partial charge in [-0.1, -0.05) is 20.8 Å². The SMILES string of the molecule is CCC(C)NC(=O)c1ccc(OCCC(C)C)cc1. The van der Waals surface area contributed by atoms with Crippen LogP contribution in [0.25, 0.3) is 0 Å². The number of amides is 1. The average Bonchev–Trinajstić information content (AvgIpc) is 2.38. The van der Waals surface area contributed by atoms with Crippen LogP contribution in [0, 0.1) is 5.92 Å². The molecule has 1 aromatic carbocycles. The Morgan fingerprint density at radius 1 is 1.21 bits per heavy atom. The molecule has 0 spiro atoms. The third-order valence-electron chi connectivity index (χ3n) is 3.07. The van der Waals surface area contributed by atoms with Gasteiger partial charge in [0.15, 0.2) is 0 Å². The molecule has 0 heterocycles. The molecule has 0 saturated carbocycles. The summed E-state index contributed by atoms with van der Waals surface area (Å²) in [6.45, 7) is 9.12. The number of benzene rings is 1. The van der Waals surface area contributed by atoms with Crippen LogP contribution in [-0.2, 0) is 0 Å². The van der Waals surface area contributed by atoms with Crippen molar-refractivity contribution in [2.45, 2.75) is 46.6 Å². The minimum absolute atomic E-state index is 0.0249. The summed E-state index contributed by atoms with van der Waals surface area (Å²) in [5.41, 5.74) is 0.677. The lowest BCUT2D eigenvalue weighted by molar-refractivity contribution is 0.0939. The first-order valence-electron chi connectivity index (χ1n) is 7.06. The van der Waals surface area contributed by atoms with Crippen molar-refractivity contribution in [1.29, 1.82) is 0 Å². The summed E-state index contributed by atoms with van der Waals surface area (Å²) in [5.74, 6) is 1.43. The van der Waals surface area contributed by atoms with E-state index in [1.54, 1.807) is 0 Å². The molecular formula is C16H25NO2. The van der Waals surface area contributed by atoms with E-state index >= 15 is 0 Å². The maximum absolute atomic E-state index is 11.9. The van der Waals surface area contributed by atoms with Gasteiger partial charge in [0.1, 0.15) is 5.75 Å². The van der Waals surface area contributed by atoms with Crippen LogP contribution in [0.1, 0.15) is 50.9 Å². The predicted molar refractivity (Wildman–Crippen MR) is 78.6 cm³/mol. The van der Waals surface area contributed by atoms with Gasteiger partial charge >= 0.3 is 0 Å². The highest BCUT2D eigenvalue weighted by atomic mass is 16.5. The van der Waals surface area contributed by atoms with Crippen molar-refractivity contribution in [2.75, 3.05) is 6.61 Å². The van der Waals surface area contributed by atoms with Crippen molar-refractivity contribution in [3.63, 3.8) is 0 Å². The average molecular weight is 263 g/mol. The van der Waals surface area contributed by atoms with E-state index in [1.165, 1.54) is 0 Å². The molecule has 0 bridgehead atoms. The molecule has 1 atom stereocenters. The van der Waals surface area contributed by atoms with Crippen LogP contribution in [0.2, 0.25) is 0 Å². The van der Waals surface area contributed by atoms with Crippen LogP contribution in [0.4, 0.5) is 0 Å². The fourth-order valence-corrected chi connectivity index (χ4v) is 1.52. The van der Waals surface area contributed by atoms with Crippen molar-refractivity contribution < 1.29 is 9.53 Å². The largest absolute Gasteiger partial charge is 0.494 e. The number of ether oxygens (including phenoxy) is 1. The zero-order chi connectivity index (χ0) is 14.3. The van der Waals surface area contributed by atoms with Crippen LogP contribution in [0.3, 0.4) is 0 Å². The van der Waals surface area contributed by atoms with Crippen LogP contribution in [0.15, 0.2) is 24.3 Å². The summed E-state index contributed by atoms with van der Waals surface area (Å²) in [6.07, 6.45) is 1.97. The molecule has 0 aliphatic heterocycles. The molecule has 1 amide bonds. The lowest BCUT2D eigenvalue weighted by Gasteiger charge is -2.12. The predicted octanol–water partition coefficient (Wildman–Crippen LogP) is 3.64. The van der Waals surface area contributed by atoms with E-state index in [9.17, 15) is 4.79 Å². The summed E-state index contributed by atoms with van der Waals surface area (Å²) in [5, 5.41) is 2.94. The highest BCUT2D eigenvalue weighted by molar-refractivity contribution is 5.94. The van der Waals surface area contributed by atoms with Crippen molar-refractivity contribution in [2.24, 2.45) is 5.92 Å². The first kappa shape index (κ1) is 15.5. The molecule has 0 saturated heterocycles. The fraction of sp³-hybridized carbons (Fsp3) is 0.562. The molecule has 1 N–H and O–H groups in total. The molecule has 3 nitrogen and oxygen atoms in total. The van der Waals surface area contributed by atoms with Gasteiger partial charge in [-0.25, -0.2) is 0 Å². The first-order chi connectivity index (χ1) is 9.02. The lowest BCUT2D eigenvalue weighted by atomic mass is 10.1. The van der Waals surface area contributed by atoms with Gasteiger partial charge < -0.3 is 10.1 Å². The van der Waals surface area contributed by atoms with Gasteiger partial charge in [0.05, 0.1) is 6.61 Å². The highest BCUT2D eigenvalue weighted by Gasteiger charge is 2.08. The number of nitrogens with one attached hydrogen (secondary N) is 1. The van der Waals surface area contributed by atoms with Gasteiger partial charge in [-0.2, -0.15) is 0 Å². The highest BCUT2D eigenvalue weighted by Crippen LogP contribution is 2.13. The van der Waals surface area contributed by atoms with E-state index in [2.05, 4.69) is 26.1 Å². The minimum Gasteiger partial charge on any atom is -0.494 e. The van der Waals surface area contributed by atoms with Gasteiger partial charge in [-0.05, 0) is 49.9 Å². The summed E-state index contributed by atoms with van der Waals surface area (Å²) in [4.78, 5) is 11.9. The molecule has 0 radical (unpaired) electrons. The van der Waals surface area contributed by atoms with Gasteiger partial charge in [0.25, 0.3) is 5.91 Å². The Morgan fingerprint density at radius 3 is 2.37 bits per heavy atom. The quantitative estimate of drug-likeness (QED) is 0.815. The summed E-state index contributed by atoms with van der Waals surface area (Å²) >= 11 is 0. The van der Waals surface area contributed by atoms with Crippen LogP contribution >= 0.6 is 0 Å². The van der Waals surface area contributed by atoms with Crippen molar-refractivity contribution in [3.8, 4) is 5.75 Å². The Hall–Kier alpha value is -1.51. The zero-order valence-corrected chi connectivity index (χ0v) is 12.4. The normalized spacial score (nSPS) is 12.3. The molecular weight excluding hydrogens is 238 g/mol. The zero-order valence-electron chi connectivity index (χ0n) is 12.4. The van der Waals surface area contributed by atoms with Crippen LogP contribution in [0.5, 0.6) is 5.75 Å². The van der Waals surface area contributed by atoms with E-state index in [4.69, 9.17) is 4.74 Å². The van der Waals surface area contributed by atoms with E-state index in [0.717, 1.165) is 25.2 Å². The van der Waals surface area contributed by atoms with E-state index in [-0.39, 0.29) is 11.9 Å². The Labute approximate surface area is 116 Å². The molecule has 19 heavy (non-hydrogen) atoms. The van der Waals surface area contributed by atoms with E-state index in [0.29, 0.717) is 11.5 Å². The minimum atomic E-state index is -0.0249. The lowest BCUT2D eigenvalue weighted by Crippen LogP contribution is -2.31. The molecule has 106 valence electrons. The summed E-state index contributed by atoms with van der Waals surface area (Å²) < 4.78 is 5.62.